The van der Waals surface area contributed by atoms with E-state index in [1.807, 2.05) is 17.8 Å². The number of carbonyl (C=O) groups excluding carboxylic acids is 1. The van der Waals surface area contributed by atoms with Crippen molar-refractivity contribution in [1.82, 2.24) is 25.0 Å². The third kappa shape index (κ3) is 3.25. The fraction of sp³-hybridized carbons (Fsp3) is 0.111. The second-order valence-corrected chi connectivity index (χ2v) is 5.75. The molecular weight excluding hydrogens is 332 g/mol. The van der Waals surface area contributed by atoms with Gasteiger partial charge in [0, 0.05) is 30.7 Å². The molecule has 0 fully saturated rings. The summed E-state index contributed by atoms with van der Waals surface area (Å²) in [5, 5.41) is 13.3. The first-order chi connectivity index (χ1) is 12.7. The third-order valence-electron chi connectivity index (χ3n) is 3.98. The lowest BCUT2D eigenvalue weighted by Gasteiger charge is -2.08. The highest BCUT2D eigenvalue weighted by Crippen LogP contribution is 2.18. The van der Waals surface area contributed by atoms with Gasteiger partial charge in [0.2, 0.25) is 0 Å². The molecule has 4 rings (SSSR count). The first kappa shape index (κ1) is 15.8. The molecule has 4 aromatic rings. The van der Waals surface area contributed by atoms with Gasteiger partial charge in [0.25, 0.3) is 5.91 Å². The van der Waals surface area contributed by atoms with E-state index in [-0.39, 0.29) is 5.91 Å². The van der Waals surface area contributed by atoms with Crippen molar-refractivity contribution in [2.45, 2.75) is 6.61 Å². The fourth-order valence-electron chi connectivity index (χ4n) is 2.50. The van der Waals surface area contributed by atoms with Gasteiger partial charge in [-0.1, -0.05) is 0 Å². The minimum atomic E-state index is -0.212. The van der Waals surface area contributed by atoms with Crippen molar-refractivity contribution >= 4 is 22.6 Å². The molecule has 0 saturated carbocycles. The molecule has 8 heteroatoms. The molecule has 130 valence electrons. The van der Waals surface area contributed by atoms with Crippen molar-refractivity contribution in [2.75, 3.05) is 5.32 Å². The maximum Gasteiger partial charge on any atom is 0.255 e. The Balaban J connectivity index is 1.40. The van der Waals surface area contributed by atoms with Gasteiger partial charge in [0.15, 0.2) is 0 Å². The molecule has 0 atom stereocenters. The molecule has 2 aromatic heterocycles. The number of hydrogen-bond donors (Lipinski definition) is 2. The molecular formula is C18H16N6O2. The minimum absolute atomic E-state index is 0.212. The lowest BCUT2D eigenvalue weighted by atomic mass is 10.2. The van der Waals surface area contributed by atoms with E-state index in [9.17, 15) is 4.79 Å². The average Bonchev–Trinajstić information content (AvgIpc) is 3.29. The van der Waals surface area contributed by atoms with Crippen molar-refractivity contribution in [3.05, 3.63) is 66.2 Å². The van der Waals surface area contributed by atoms with Crippen LogP contribution in [0.2, 0.25) is 0 Å². The van der Waals surface area contributed by atoms with Gasteiger partial charge >= 0.3 is 0 Å². The van der Waals surface area contributed by atoms with Crippen LogP contribution in [-0.2, 0) is 13.7 Å². The predicted molar refractivity (Wildman–Crippen MR) is 95.8 cm³/mol. The number of nitrogens with one attached hydrogen (secondary N) is 2. The number of amides is 1. The average molecular weight is 348 g/mol. The topological polar surface area (TPSA) is 97.7 Å². The van der Waals surface area contributed by atoms with Crippen LogP contribution in [0.5, 0.6) is 5.75 Å². The number of anilines is 1. The van der Waals surface area contributed by atoms with Crippen molar-refractivity contribution in [3.8, 4) is 5.75 Å². The highest BCUT2D eigenvalue weighted by atomic mass is 16.5. The first-order valence-corrected chi connectivity index (χ1v) is 8.00. The van der Waals surface area contributed by atoms with E-state index >= 15 is 0 Å². The normalized spacial score (nSPS) is 10.8. The van der Waals surface area contributed by atoms with Gasteiger partial charge in [-0.2, -0.15) is 15.4 Å². The standard InChI is InChI=1S/C18H16N6O2/c1-24-9-8-19-17(24)11-26-14-5-3-13(4-6-14)20-18(25)12-2-7-15-16(10-12)22-23-21-15/h2-10H,11H2,1H3,(H,20,25)(H,21,22,23). The van der Waals surface area contributed by atoms with Crippen molar-refractivity contribution in [2.24, 2.45) is 7.05 Å². The lowest BCUT2D eigenvalue weighted by molar-refractivity contribution is 0.102. The zero-order chi connectivity index (χ0) is 17.9. The highest BCUT2D eigenvalue weighted by molar-refractivity contribution is 6.05. The number of imidazole rings is 1. The van der Waals surface area contributed by atoms with Gasteiger partial charge in [-0.05, 0) is 42.5 Å². The number of carbonyl (C=O) groups is 1. The van der Waals surface area contributed by atoms with Crippen LogP contribution < -0.4 is 10.1 Å². The molecule has 0 aliphatic rings. The quantitative estimate of drug-likeness (QED) is 0.577. The summed E-state index contributed by atoms with van der Waals surface area (Å²) >= 11 is 0. The van der Waals surface area contributed by atoms with Gasteiger partial charge in [-0.3, -0.25) is 4.79 Å². The van der Waals surface area contributed by atoms with E-state index < -0.39 is 0 Å². The Morgan fingerprint density at radius 1 is 1.15 bits per heavy atom. The number of aromatic nitrogens is 5. The van der Waals surface area contributed by atoms with Gasteiger partial charge in [-0.25, -0.2) is 4.98 Å². The summed E-state index contributed by atoms with van der Waals surface area (Å²) in [5.74, 6) is 1.33. The molecule has 0 bridgehead atoms. The Morgan fingerprint density at radius 2 is 1.96 bits per heavy atom. The van der Waals surface area contributed by atoms with E-state index in [4.69, 9.17) is 4.74 Å². The van der Waals surface area contributed by atoms with E-state index in [1.165, 1.54) is 0 Å². The van der Waals surface area contributed by atoms with E-state index in [0.717, 1.165) is 11.3 Å². The number of hydrogen-bond acceptors (Lipinski definition) is 5. The number of ether oxygens (including phenoxy) is 1. The second kappa shape index (κ2) is 6.67. The summed E-state index contributed by atoms with van der Waals surface area (Å²) < 4.78 is 7.60. The number of rotatable bonds is 5. The number of aryl methyl sites for hydroxylation is 1. The third-order valence-corrected chi connectivity index (χ3v) is 3.98. The molecule has 8 nitrogen and oxygen atoms in total. The van der Waals surface area contributed by atoms with Crippen LogP contribution in [0.1, 0.15) is 16.2 Å². The van der Waals surface area contributed by atoms with Crippen LogP contribution in [0.3, 0.4) is 0 Å². The highest BCUT2D eigenvalue weighted by Gasteiger charge is 2.09. The fourth-order valence-corrected chi connectivity index (χ4v) is 2.50. The molecule has 2 heterocycles. The maximum absolute atomic E-state index is 12.4. The van der Waals surface area contributed by atoms with Crippen LogP contribution in [0, 0.1) is 0 Å². The number of fused-ring (bicyclic) bond motifs is 1. The Morgan fingerprint density at radius 3 is 2.73 bits per heavy atom. The lowest BCUT2D eigenvalue weighted by Crippen LogP contribution is -2.11. The first-order valence-electron chi connectivity index (χ1n) is 8.00. The summed E-state index contributed by atoms with van der Waals surface area (Å²) in [7, 11) is 1.92. The van der Waals surface area contributed by atoms with Crippen LogP contribution >= 0.6 is 0 Å². The monoisotopic (exact) mass is 348 g/mol. The molecule has 2 aromatic carbocycles. The van der Waals surface area contributed by atoms with Crippen LogP contribution in [-0.4, -0.2) is 30.9 Å². The summed E-state index contributed by atoms with van der Waals surface area (Å²) in [4.78, 5) is 16.6. The van der Waals surface area contributed by atoms with Crippen molar-refractivity contribution in [3.63, 3.8) is 0 Å². The molecule has 0 aliphatic carbocycles. The SMILES string of the molecule is Cn1ccnc1COc1ccc(NC(=O)c2ccc3n[nH]nc3c2)cc1. The van der Waals surface area contributed by atoms with E-state index in [1.54, 1.807) is 48.7 Å². The van der Waals surface area contributed by atoms with Crippen molar-refractivity contribution in [1.29, 1.82) is 0 Å². The Hall–Kier alpha value is -3.68. The summed E-state index contributed by atoms with van der Waals surface area (Å²) in [6, 6.07) is 12.4. The van der Waals surface area contributed by atoms with Gasteiger partial charge in [-0.15, -0.1) is 0 Å². The van der Waals surface area contributed by atoms with Crippen LogP contribution in [0.25, 0.3) is 11.0 Å². The molecule has 1 amide bonds. The molecule has 0 saturated heterocycles. The molecule has 26 heavy (non-hydrogen) atoms. The van der Waals surface area contributed by atoms with Crippen molar-refractivity contribution < 1.29 is 9.53 Å². The van der Waals surface area contributed by atoms with Gasteiger partial charge in [0.1, 0.15) is 29.2 Å². The Kier molecular flexibility index (Phi) is 4.06. The molecule has 0 unspecified atom stereocenters. The molecule has 0 radical (unpaired) electrons. The van der Waals surface area contributed by atoms with Crippen LogP contribution in [0.4, 0.5) is 5.69 Å². The van der Waals surface area contributed by atoms with E-state index in [0.29, 0.717) is 29.1 Å². The largest absolute Gasteiger partial charge is 0.486 e. The summed E-state index contributed by atoms with van der Waals surface area (Å²) in [5.41, 5.74) is 2.56. The maximum atomic E-state index is 12.4. The smallest absolute Gasteiger partial charge is 0.255 e. The molecule has 0 spiro atoms. The number of aromatic amines is 1. The minimum Gasteiger partial charge on any atom is -0.486 e. The zero-order valence-electron chi connectivity index (χ0n) is 14.0. The van der Waals surface area contributed by atoms with E-state index in [2.05, 4.69) is 25.7 Å². The zero-order valence-corrected chi connectivity index (χ0v) is 14.0. The number of nitrogens with zero attached hydrogens (tertiary/aromatic N) is 4. The van der Waals surface area contributed by atoms with Gasteiger partial charge < -0.3 is 14.6 Å². The molecule has 2 N–H and O–H groups in total. The predicted octanol–water partition coefficient (Wildman–Crippen LogP) is 2.52. The Labute approximate surface area is 148 Å². The summed E-state index contributed by atoms with van der Waals surface area (Å²) in [6.45, 7) is 0.382. The number of benzene rings is 2. The second-order valence-electron chi connectivity index (χ2n) is 5.75. The summed E-state index contributed by atoms with van der Waals surface area (Å²) in [6.07, 6.45) is 3.60. The van der Waals surface area contributed by atoms with Gasteiger partial charge in [0.05, 0.1) is 0 Å². The molecule has 0 aliphatic heterocycles. The Bertz CT molecular complexity index is 1050. The number of H-pyrrole nitrogens is 1. The van der Waals surface area contributed by atoms with Crippen LogP contribution in [0.15, 0.2) is 54.9 Å².